The summed E-state index contributed by atoms with van der Waals surface area (Å²) in [4.78, 5) is 12.3. The largest absolute Gasteiger partial charge is 0.322 e. The molecular formula is C15H14BrClN2O3S. The van der Waals surface area contributed by atoms with Crippen molar-refractivity contribution in [1.29, 1.82) is 0 Å². The zero-order chi connectivity index (χ0) is 17.2. The lowest BCUT2D eigenvalue weighted by molar-refractivity contribution is 0.102. The van der Waals surface area contributed by atoms with Gasteiger partial charge in [0.05, 0.1) is 17.0 Å². The van der Waals surface area contributed by atoms with Crippen LogP contribution in [0.3, 0.4) is 0 Å². The van der Waals surface area contributed by atoms with Crippen molar-refractivity contribution in [3.63, 3.8) is 0 Å². The molecule has 2 N–H and O–H groups in total. The lowest BCUT2D eigenvalue weighted by atomic mass is 10.1. The van der Waals surface area contributed by atoms with Crippen molar-refractivity contribution in [1.82, 2.24) is 0 Å². The van der Waals surface area contributed by atoms with Gasteiger partial charge in [-0.15, -0.1) is 0 Å². The van der Waals surface area contributed by atoms with E-state index in [1.54, 1.807) is 43.3 Å². The summed E-state index contributed by atoms with van der Waals surface area (Å²) in [6.45, 7) is 1.72. The summed E-state index contributed by atoms with van der Waals surface area (Å²) in [7, 11) is -3.36. The van der Waals surface area contributed by atoms with Crippen molar-refractivity contribution < 1.29 is 13.2 Å². The number of amides is 1. The smallest absolute Gasteiger partial charge is 0.255 e. The molecular weight excluding hydrogens is 404 g/mol. The Morgan fingerprint density at radius 1 is 1.17 bits per heavy atom. The Labute approximate surface area is 148 Å². The monoisotopic (exact) mass is 416 g/mol. The molecule has 0 aliphatic carbocycles. The van der Waals surface area contributed by atoms with Crippen molar-refractivity contribution in [3.8, 4) is 0 Å². The highest BCUT2D eigenvalue weighted by Gasteiger charge is 2.11. The number of aryl methyl sites for hydroxylation is 1. The van der Waals surface area contributed by atoms with Gasteiger partial charge in [-0.25, -0.2) is 8.42 Å². The van der Waals surface area contributed by atoms with Crippen molar-refractivity contribution in [2.45, 2.75) is 6.92 Å². The molecule has 0 aliphatic heterocycles. The normalized spacial score (nSPS) is 11.1. The second kappa shape index (κ2) is 6.90. The zero-order valence-electron chi connectivity index (χ0n) is 12.4. The third-order valence-corrected chi connectivity index (χ3v) is 4.78. The highest BCUT2D eigenvalue weighted by molar-refractivity contribution is 9.10. The molecule has 0 radical (unpaired) electrons. The predicted octanol–water partition coefficient (Wildman–Crippen LogP) is 4.03. The van der Waals surface area contributed by atoms with Crippen LogP contribution in [0.15, 0.2) is 40.9 Å². The number of anilines is 2. The molecule has 0 unspecified atom stereocenters. The van der Waals surface area contributed by atoms with Crippen molar-refractivity contribution >= 4 is 54.8 Å². The Kier molecular flexibility index (Phi) is 5.33. The number of benzene rings is 2. The van der Waals surface area contributed by atoms with Crippen LogP contribution in [0.2, 0.25) is 5.02 Å². The second-order valence-corrected chi connectivity index (χ2v) is 8.00. The van der Waals surface area contributed by atoms with E-state index in [0.29, 0.717) is 27.5 Å². The van der Waals surface area contributed by atoms with Crippen LogP contribution in [0.25, 0.3) is 0 Å². The van der Waals surface area contributed by atoms with Gasteiger partial charge < -0.3 is 5.32 Å². The number of carbonyl (C=O) groups excluding carboxylic acids is 1. The van der Waals surface area contributed by atoms with Crippen LogP contribution in [-0.2, 0) is 10.0 Å². The highest BCUT2D eigenvalue weighted by atomic mass is 79.9. The van der Waals surface area contributed by atoms with Gasteiger partial charge in [0, 0.05) is 15.7 Å². The Balaban J connectivity index is 2.19. The molecule has 0 atom stereocenters. The van der Waals surface area contributed by atoms with Gasteiger partial charge in [0.1, 0.15) is 0 Å². The van der Waals surface area contributed by atoms with Crippen LogP contribution >= 0.6 is 27.5 Å². The van der Waals surface area contributed by atoms with Gasteiger partial charge in [-0.3, -0.25) is 9.52 Å². The lowest BCUT2D eigenvalue weighted by Crippen LogP contribution is -2.14. The van der Waals surface area contributed by atoms with E-state index in [0.717, 1.165) is 10.7 Å². The standard InChI is InChI=1S/C15H14BrClN2O3S/c1-9-7-10(3-6-14(9)19-23(2,21)22)15(20)18-11-4-5-12(16)13(17)8-11/h3-8,19H,1-2H3,(H,18,20). The number of hydrogen-bond donors (Lipinski definition) is 2. The molecule has 1 amide bonds. The number of rotatable bonds is 4. The summed E-state index contributed by atoms with van der Waals surface area (Å²) < 4.78 is 25.7. The van der Waals surface area contributed by atoms with E-state index in [1.165, 1.54) is 0 Å². The Morgan fingerprint density at radius 2 is 1.87 bits per heavy atom. The topological polar surface area (TPSA) is 75.3 Å². The number of nitrogens with one attached hydrogen (secondary N) is 2. The van der Waals surface area contributed by atoms with E-state index in [2.05, 4.69) is 26.0 Å². The molecule has 0 aliphatic rings. The molecule has 122 valence electrons. The van der Waals surface area contributed by atoms with Crippen LogP contribution in [0, 0.1) is 6.92 Å². The first-order chi connectivity index (χ1) is 10.7. The number of carbonyl (C=O) groups is 1. The van der Waals surface area contributed by atoms with Crippen molar-refractivity contribution in [2.75, 3.05) is 16.3 Å². The fourth-order valence-corrected chi connectivity index (χ4v) is 2.95. The van der Waals surface area contributed by atoms with Crippen molar-refractivity contribution in [2.24, 2.45) is 0 Å². The molecule has 0 saturated carbocycles. The van der Waals surface area contributed by atoms with Gasteiger partial charge in [-0.2, -0.15) is 0 Å². The van der Waals surface area contributed by atoms with Gasteiger partial charge in [0.2, 0.25) is 10.0 Å². The number of sulfonamides is 1. The van der Waals surface area contributed by atoms with Gasteiger partial charge in [-0.05, 0) is 64.8 Å². The molecule has 2 rings (SSSR count). The van der Waals surface area contributed by atoms with Crippen LogP contribution in [0.1, 0.15) is 15.9 Å². The van der Waals surface area contributed by atoms with E-state index >= 15 is 0 Å². The molecule has 0 heterocycles. The SMILES string of the molecule is Cc1cc(C(=O)Nc2ccc(Br)c(Cl)c2)ccc1NS(C)(=O)=O. The van der Waals surface area contributed by atoms with Crippen LogP contribution in [-0.4, -0.2) is 20.6 Å². The van der Waals surface area contributed by atoms with Crippen LogP contribution in [0.4, 0.5) is 11.4 Å². The minimum absolute atomic E-state index is 0.308. The number of halogens is 2. The maximum Gasteiger partial charge on any atom is 0.255 e. The first kappa shape index (κ1) is 17.8. The first-order valence-corrected chi connectivity index (χ1v) is 9.57. The Bertz CT molecular complexity index is 869. The fraction of sp³-hybridized carbons (Fsp3) is 0.133. The lowest BCUT2D eigenvalue weighted by Gasteiger charge is -2.10. The Hall–Kier alpha value is -1.57. The van der Waals surface area contributed by atoms with Gasteiger partial charge in [0.25, 0.3) is 5.91 Å². The quantitative estimate of drug-likeness (QED) is 0.788. The summed E-state index contributed by atoms with van der Waals surface area (Å²) >= 11 is 9.27. The van der Waals surface area contributed by atoms with E-state index in [-0.39, 0.29) is 5.91 Å². The van der Waals surface area contributed by atoms with Gasteiger partial charge in [-0.1, -0.05) is 11.6 Å². The fourth-order valence-electron chi connectivity index (χ4n) is 1.90. The van der Waals surface area contributed by atoms with E-state index in [1.807, 2.05) is 0 Å². The zero-order valence-corrected chi connectivity index (χ0v) is 15.5. The Morgan fingerprint density at radius 3 is 2.43 bits per heavy atom. The summed E-state index contributed by atoms with van der Waals surface area (Å²) in [6.07, 6.45) is 1.07. The summed E-state index contributed by atoms with van der Waals surface area (Å²) in [5, 5.41) is 3.23. The van der Waals surface area contributed by atoms with Crippen LogP contribution in [0.5, 0.6) is 0 Å². The molecule has 23 heavy (non-hydrogen) atoms. The van der Waals surface area contributed by atoms with E-state index in [9.17, 15) is 13.2 Å². The molecule has 0 saturated heterocycles. The van der Waals surface area contributed by atoms with Crippen molar-refractivity contribution in [3.05, 3.63) is 57.0 Å². The molecule has 2 aromatic carbocycles. The average molecular weight is 418 g/mol. The molecule has 0 spiro atoms. The molecule has 2 aromatic rings. The maximum absolute atomic E-state index is 12.3. The van der Waals surface area contributed by atoms with Crippen LogP contribution < -0.4 is 10.0 Å². The summed E-state index contributed by atoms with van der Waals surface area (Å²) in [5.41, 5.74) is 2.08. The van der Waals surface area contributed by atoms with E-state index in [4.69, 9.17) is 11.6 Å². The van der Waals surface area contributed by atoms with Gasteiger partial charge >= 0.3 is 0 Å². The third kappa shape index (κ3) is 4.95. The molecule has 5 nitrogen and oxygen atoms in total. The predicted molar refractivity (Wildman–Crippen MR) is 96.8 cm³/mol. The highest BCUT2D eigenvalue weighted by Crippen LogP contribution is 2.26. The molecule has 0 bridgehead atoms. The minimum atomic E-state index is -3.36. The first-order valence-electron chi connectivity index (χ1n) is 6.50. The molecule has 8 heteroatoms. The third-order valence-electron chi connectivity index (χ3n) is 2.96. The second-order valence-electron chi connectivity index (χ2n) is 4.99. The summed E-state index contributed by atoms with van der Waals surface area (Å²) in [5.74, 6) is -0.308. The van der Waals surface area contributed by atoms with Gasteiger partial charge in [0.15, 0.2) is 0 Å². The summed E-state index contributed by atoms with van der Waals surface area (Å²) in [6, 6.07) is 9.82. The molecule has 0 fully saturated rings. The maximum atomic E-state index is 12.3. The average Bonchev–Trinajstić information content (AvgIpc) is 2.43. The van der Waals surface area contributed by atoms with E-state index < -0.39 is 10.0 Å². The minimum Gasteiger partial charge on any atom is -0.322 e. The molecule has 0 aromatic heterocycles. The number of hydrogen-bond acceptors (Lipinski definition) is 3.